The summed E-state index contributed by atoms with van der Waals surface area (Å²) in [5.74, 6) is 3.15. The second kappa shape index (κ2) is 8.19. The highest BCUT2D eigenvalue weighted by Crippen LogP contribution is 2.40. The first-order chi connectivity index (χ1) is 16.2. The topological polar surface area (TPSA) is 143 Å². The number of benzene rings is 1. The molecule has 12 heteroatoms. The number of amides is 1. The number of fused-ring (bicyclic) bond motifs is 5. The predicted molar refractivity (Wildman–Crippen MR) is 131 cm³/mol. The lowest BCUT2D eigenvalue weighted by Gasteiger charge is -2.11. The minimum Gasteiger partial charge on any atom is -0.419 e. The van der Waals surface area contributed by atoms with Crippen molar-refractivity contribution in [2.24, 2.45) is 0 Å². The van der Waals surface area contributed by atoms with Crippen LogP contribution in [0.1, 0.15) is 21.1 Å². The zero-order valence-corrected chi connectivity index (χ0v) is 19.8. The number of carbonyl (C=O) groups excluding carboxylic acids is 1. The van der Waals surface area contributed by atoms with Gasteiger partial charge in [0.15, 0.2) is 0 Å². The molecule has 3 N–H and O–H groups in total. The summed E-state index contributed by atoms with van der Waals surface area (Å²) in [6.07, 6.45) is 9.83. The summed E-state index contributed by atoms with van der Waals surface area (Å²) in [6.45, 7) is 2.11. The van der Waals surface area contributed by atoms with Crippen LogP contribution in [0, 0.1) is 24.0 Å². The molecule has 1 unspecified atom stereocenters. The van der Waals surface area contributed by atoms with Crippen LogP contribution in [0.2, 0.25) is 0 Å². The van der Waals surface area contributed by atoms with Gasteiger partial charge in [0.1, 0.15) is 16.7 Å². The van der Waals surface area contributed by atoms with Gasteiger partial charge in [-0.05, 0) is 19.1 Å². The summed E-state index contributed by atoms with van der Waals surface area (Å²) in [5.41, 5.74) is 2.32. The third-order valence-electron chi connectivity index (χ3n) is 5.12. The SMILES string of the molecule is C#C[C@@H]1CNc2c(sc3ccc4nc(Oc5nc(C)ncc5CS(C)(=N)=O)cnc4c23)C(=O)N1. The third-order valence-corrected chi connectivity index (χ3v) is 7.13. The van der Waals surface area contributed by atoms with Gasteiger partial charge in [-0.3, -0.25) is 9.57 Å². The Morgan fingerprint density at radius 1 is 1.32 bits per heavy atom. The fourth-order valence-electron chi connectivity index (χ4n) is 3.67. The number of hydrogen-bond acceptors (Lipinski definition) is 10. The number of thiophene rings is 1. The molecule has 5 rings (SSSR count). The number of ether oxygens (including phenoxy) is 1. The maximum atomic E-state index is 12.7. The summed E-state index contributed by atoms with van der Waals surface area (Å²) in [7, 11) is -2.83. The van der Waals surface area contributed by atoms with Crippen LogP contribution >= 0.6 is 11.3 Å². The maximum absolute atomic E-state index is 12.7. The van der Waals surface area contributed by atoms with E-state index in [9.17, 15) is 9.00 Å². The average Bonchev–Trinajstić information content (AvgIpc) is 3.09. The van der Waals surface area contributed by atoms with Crippen molar-refractivity contribution in [3.05, 3.63) is 40.8 Å². The minimum atomic E-state index is -2.83. The molecule has 0 aliphatic carbocycles. The van der Waals surface area contributed by atoms with E-state index in [0.29, 0.717) is 39.5 Å². The molecule has 0 radical (unpaired) electrons. The van der Waals surface area contributed by atoms with Crippen molar-refractivity contribution < 1.29 is 13.7 Å². The highest BCUT2D eigenvalue weighted by molar-refractivity contribution is 7.90. The van der Waals surface area contributed by atoms with Crippen molar-refractivity contribution >= 4 is 53.8 Å². The molecular weight excluding hydrogens is 474 g/mol. The minimum absolute atomic E-state index is 0.0440. The van der Waals surface area contributed by atoms with E-state index in [0.717, 1.165) is 10.1 Å². The van der Waals surface area contributed by atoms with Crippen molar-refractivity contribution in [2.45, 2.75) is 18.7 Å². The van der Waals surface area contributed by atoms with Gasteiger partial charge in [0.25, 0.3) is 5.91 Å². The van der Waals surface area contributed by atoms with Gasteiger partial charge in [-0.25, -0.2) is 19.2 Å². The first-order valence-corrected chi connectivity index (χ1v) is 13.1. The lowest BCUT2D eigenvalue weighted by atomic mass is 10.1. The van der Waals surface area contributed by atoms with Crippen LogP contribution in [0.25, 0.3) is 21.1 Å². The molecule has 1 aromatic carbocycles. The van der Waals surface area contributed by atoms with Crippen LogP contribution in [0.3, 0.4) is 0 Å². The molecule has 0 fully saturated rings. The Bertz CT molecular complexity index is 1620. The van der Waals surface area contributed by atoms with Crippen molar-refractivity contribution in [2.75, 3.05) is 18.1 Å². The molecule has 2 atom stereocenters. The Hall–Kier alpha value is -3.82. The quantitative estimate of drug-likeness (QED) is 0.368. The monoisotopic (exact) mass is 493 g/mol. The van der Waals surface area contributed by atoms with E-state index in [1.807, 2.05) is 12.1 Å². The van der Waals surface area contributed by atoms with Gasteiger partial charge >= 0.3 is 0 Å². The molecule has 10 nitrogen and oxygen atoms in total. The predicted octanol–water partition coefficient (Wildman–Crippen LogP) is 3.07. The van der Waals surface area contributed by atoms with Crippen LogP contribution in [0.15, 0.2) is 24.5 Å². The molecule has 0 saturated heterocycles. The van der Waals surface area contributed by atoms with E-state index >= 15 is 0 Å². The summed E-state index contributed by atoms with van der Waals surface area (Å²) < 4.78 is 26.5. The van der Waals surface area contributed by atoms with Crippen molar-refractivity contribution in [1.82, 2.24) is 25.3 Å². The molecule has 4 aromatic rings. The standard InChI is InChI=1S/C22H19N7O3S2/c1-4-13-8-25-19-17-15(33-20(19)21(30)28-13)6-5-14-18(17)26-9-16(29-14)32-22-12(10-34(3,23)31)7-24-11(2)27-22/h1,5-7,9,13,23,25H,8,10H2,2-3H3,(H,28,30)/t13-,34?/m1/s1. The van der Waals surface area contributed by atoms with Crippen molar-refractivity contribution in [3.63, 3.8) is 0 Å². The number of terminal acetylenes is 1. The van der Waals surface area contributed by atoms with E-state index in [1.54, 1.807) is 6.92 Å². The summed E-state index contributed by atoms with van der Waals surface area (Å²) in [6, 6.07) is 3.29. The van der Waals surface area contributed by atoms with Gasteiger partial charge in [-0.15, -0.1) is 17.8 Å². The lowest BCUT2D eigenvalue weighted by molar-refractivity contribution is 0.0954. The summed E-state index contributed by atoms with van der Waals surface area (Å²) >= 11 is 1.36. The fraction of sp³-hybridized carbons (Fsp3) is 0.227. The van der Waals surface area contributed by atoms with E-state index < -0.39 is 15.8 Å². The zero-order valence-electron chi connectivity index (χ0n) is 18.2. The van der Waals surface area contributed by atoms with Crippen LogP contribution in [0.5, 0.6) is 11.8 Å². The van der Waals surface area contributed by atoms with E-state index in [4.69, 9.17) is 15.9 Å². The highest BCUT2D eigenvalue weighted by atomic mass is 32.2. The van der Waals surface area contributed by atoms with Crippen LogP contribution in [0.4, 0.5) is 5.69 Å². The molecule has 0 bridgehead atoms. The number of anilines is 1. The molecule has 1 aliphatic heterocycles. The number of hydrogen-bond donors (Lipinski definition) is 3. The molecule has 1 amide bonds. The highest BCUT2D eigenvalue weighted by Gasteiger charge is 2.26. The van der Waals surface area contributed by atoms with Gasteiger partial charge in [0.2, 0.25) is 11.8 Å². The van der Waals surface area contributed by atoms with Crippen molar-refractivity contribution in [3.8, 4) is 24.1 Å². The van der Waals surface area contributed by atoms with Crippen LogP contribution in [-0.2, 0) is 15.5 Å². The maximum Gasteiger partial charge on any atom is 0.264 e. The van der Waals surface area contributed by atoms with Gasteiger partial charge in [0, 0.05) is 44.4 Å². The Morgan fingerprint density at radius 3 is 2.91 bits per heavy atom. The first-order valence-electron chi connectivity index (χ1n) is 10.2. The smallest absolute Gasteiger partial charge is 0.264 e. The fourth-order valence-corrected chi connectivity index (χ4v) is 5.54. The van der Waals surface area contributed by atoms with Crippen molar-refractivity contribution in [1.29, 1.82) is 4.78 Å². The Kier molecular flexibility index (Phi) is 5.30. The second-order valence-electron chi connectivity index (χ2n) is 7.89. The first kappa shape index (κ1) is 22.0. The Balaban J connectivity index is 1.57. The van der Waals surface area contributed by atoms with Gasteiger partial charge in [-0.1, -0.05) is 5.92 Å². The van der Waals surface area contributed by atoms with Crippen LogP contribution in [-0.4, -0.2) is 48.9 Å². The molecular formula is C22H19N7O3S2. The summed E-state index contributed by atoms with van der Waals surface area (Å²) in [5, 5.41) is 6.91. The summed E-state index contributed by atoms with van der Waals surface area (Å²) in [4.78, 5) is 30.8. The molecule has 4 heterocycles. The zero-order chi connectivity index (χ0) is 24.0. The number of nitrogens with zero attached hydrogens (tertiary/aromatic N) is 4. The third kappa shape index (κ3) is 4.11. The van der Waals surface area contributed by atoms with Gasteiger partial charge < -0.3 is 15.4 Å². The number of nitrogens with one attached hydrogen (secondary N) is 3. The molecule has 172 valence electrons. The number of aryl methyl sites for hydroxylation is 1. The normalized spacial score (nSPS) is 17.2. The Labute approximate surface area is 199 Å². The number of rotatable bonds is 4. The second-order valence-corrected chi connectivity index (χ2v) is 11.2. The molecule has 34 heavy (non-hydrogen) atoms. The van der Waals surface area contributed by atoms with E-state index in [1.165, 1.54) is 30.0 Å². The number of carbonyl (C=O) groups is 1. The number of aromatic nitrogens is 4. The average molecular weight is 494 g/mol. The molecule has 0 spiro atoms. The molecule has 1 aliphatic rings. The van der Waals surface area contributed by atoms with Crippen LogP contribution < -0.4 is 15.4 Å². The van der Waals surface area contributed by atoms with Gasteiger partial charge in [-0.2, -0.15) is 4.98 Å². The Morgan fingerprint density at radius 2 is 2.15 bits per heavy atom. The van der Waals surface area contributed by atoms with E-state index in [2.05, 4.69) is 36.5 Å². The molecule has 3 aromatic heterocycles. The molecule has 0 saturated carbocycles. The lowest BCUT2D eigenvalue weighted by Crippen LogP contribution is -2.35. The largest absolute Gasteiger partial charge is 0.419 e. The van der Waals surface area contributed by atoms with Gasteiger partial charge in [0.05, 0.1) is 28.7 Å². The van der Waals surface area contributed by atoms with E-state index in [-0.39, 0.29) is 23.4 Å².